The molecule has 2 aromatic carbocycles. The molecule has 0 saturated carbocycles. The summed E-state index contributed by atoms with van der Waals surface area (Å²) in [5.74, 6) is 1.06. The SMILES string of the molecule is Cc1ccccc1-c1nnn(CCOc2c(Cl)cccc2Cl)n1. The van der Waals surface area contributed by atoms with Crippen molar-refractivity contribution >= 4 is 23.2 Å². The average molecular weight is 349 g/mol. The highest BCUT2D eigenvalue weighted by Crippen LogP contribution is 2.32. The summed E-state index contributed by atoms with van der Waals surface area (Å²) in [5.41, 5.74) is 2.07. The zero-order chi connectivity index (χ0) is 16.2. The van der Waals surface area contributed by atoms with E-state index in [2.05, 4.69) is 15.4 Å². The minimum atomic E-state index is 0.340. The Morgan fingerprint density at radius 1 is 1.04 bits per heavy atom. The molecule has 1 aromatic heterocycles. The van der Waals surface area contributed by atoms with E-state index in [0.29, 0.717) is 34.8 Å². The summed E-state index contributed by atoms with van der Waals surface area (Å²) in [7, 11) is 0. The van der Waals surface area contributed by atoms with Gasteiger partial charge in [0.15, 0.2) is 5.75 Å². The van der Waals surface area contributed by atoms with Gasteiger partial charge in [-0.15, -0.1) is 10.2 Å². The van der Waals surface area contributed by atoms with Crippen LogP contribution in [0, 0.1) is 6.92 Å². The molecule has 0 radical (unpaired) electrons. The van der Waals surface area contributed by atoms with E-state index in [9.17, 15) is 0 Å². The van der Waals surface area contributed by atoms with Gasteiger partial charge in [0, 0.05) is 5.56 Å². The Labute approximate surface area is 143 Å². The predicted octanol–water partition coefficient (Wildman–Crippen LogP) is 4.03. The molecule has 0 atom stereocenters. The molecule has 5 nitrogen and oxygen atoms in total. The molecule has 0 aliphatic rings. The number of aromatic nitrogens is 4. The fraction of sp³-hybridized carbons (Fsp3) is 0.188. The highest BCUT2D eigenvalue weighted by molar-refractivity contribution is 6.37. The zero-order valence-corrected chi connectivity index (χ0v) is 13.9. The maximum atomic E-state index is 6.05. The van der Waals surface area contributed by atoms with Crippen LogP contribution in [0.2, 0.25) is 10.0 Å². The molecule has 0 aliphatic heterocycles. The van der Waals surface area contributed by atoms with Gasteiger partial charge in [-0.05, 0) is 29.8 Å². The Kier molecular flexibility index (Phi) is 4.79. The molecule has 118 valence electrons. The lowest BCUT2D eigenvalue weighted by atomic mass is 10.1. The van der Waals surface area contributed by atoms with Crippen molar-refractivity contribution in [2.45, 2.75) is 13.5 Å². The van der Waals surface area contributed by atoms with Gasteiger partial charge in [0.2, 0.25) is 5.82 Å². The number of halogens is 2. The van der Waals surface area contributed by atoms with Crippen LogP contribution in [0.15, 0.2) is 42.5 Å². The number of aryl methyl sites for hydroxylation is 1. The van der Waals surface area contributed by atoms with E-state index < -0.39 is 0 Å². The van der Waals surface area contributed by atoms with Crippen LogP contribution in [0.5, 0.6) is 5.75 Å². The second kappa shape index (κ2) is 6.98. The van der Waals surface area contributed by atoms with Gasteiger partial charge in [-0.25, -0.2) is 0 Å². The van der Waals surface area contributed by atoms with Gasteiger partial charge in [0.05, 0.1) is 16.6 Å². The molecule has 23 heavy (non-hydrogen) atoms. The summed E-state index contributed by atoms with van der Waals surface area (Å²) < 4.78 is 5.62. The second-order valence-electron chi connectivity index (χ2n) is 4.92. The van der Waals surface area contributed by atoms with Crippen LogP contribution in [-0.2, 0) is 6.54 Å². The molecule has 3 rings (SSSR count). The number of nitrogens with zero attached hydrogens (tertiary/aromatic N) is 4. The summed E-state index contributed by atoms with van der Waals surface area (Å²) in [6, 6.07) is 13.1. The fourth-order valence-electron chi connectivity index (χ4n) is 2.12. The molecule has 3 aromatic rings. The molecule has 0 saturated heterocycles. The number of benzene rings is 2. The monoisotopic (exact) mass is 348 g/mol. The Hall–Kier alpha value is -2.11. The van der Waals surface area contributed by atoms with Gasteiger partial charge in [-0.3, -0.25) is 0 Å². The fourth-order valence-corrected chi connectivity index (χ4v) is 2.63. The van der Waals surface area contributed by atoms with E-state index in [1.165, 1.54) is 4.80 Å². The predicted molar refractivity (Wildman–Crippen MR) is 89.9 cm³/mol. The Balaban J connectivity index is 1.65. The summed E-state index contributed by atoms with van der Waals surface area (Å²) >= 11 is 12.1. The summed E-state index contributed by atoms with van der Waals surface area (Å²) in [5, 5.41) is 13.4. The number of hydrogen-bond acceptors (Lipinski definition) is 4. The van der Waals surface area contributed by atoms with Crippen molar-refractivity contribution in [3.05, 3.63) is 58.1 Å². The Morgan fingerprint density at radius 3 is 2.52 bits per heavy atom. The summed E-state index contributed by atoms with van der Waals surface area (Å²) in [6.07, 6.45) is 0. The number of tetrazole rings is 1. The molecule has 0 bridgehead atoms. The molecule has 0 spiro atoms. The van der Waals surface area contributed by atoms with Gasteiger partial charge in [-0.1, -0.05) is 53.5 Å². The minimum Gasteiger partial charge on any atom is -0.488 e. The average Bonchev–Trinajstić information content (AvgIpc) is 2.99. The molecule has 0 unspecified atom stereocenters. The van der Waals surface area contributed by atoms with Crippen LogP contribution in [-0.4, -0.2) is 26.8 Å². The van der Waals surface area contributed by atoms with Crippen molar-refractivity contribution < 1.29 is 4.74 Å². The van der Waals surface area contributed by atoms with Crippen LogP contribution >= 0.6 is 23.2 Å². The number of rotatable bonds is 5. The number of para-hydroxylation sites is 1. The zero-order valence-electron chi connectivity index (χ0n) is 12.4. The normalized spacial score (nSPS) is 10.7. The van der Waals surface area contributed by atoms with E-state index in [0.717, 1.165) is 11.1 Å². The van der Waals surface area contributed by atoms with Crippen LogP contribution in [0.3, 0.4) is 0 Å². The van der Waals surface area contributed by atoms with Crippen LogP contribution < -0.4 is 4.74 Å². The quantitative estimate of drug-likeness (QED) is 0.698. The van der Waals surface area contributed by atoms with Crippen LogP contribution in [0.4, 0.5) is 0 Å². The van der Waals surface area contributed by atoms with Gasteiger partial charge in [-0.2, -0.15) is 4.80 Å². The highest BCUT2D eigenvalue weighted by atomic mass is 35.5. The van der Waals surface area contributed by atoms with Crippen molar-refractivity contribution in [2.75, 3.05) is 6.61 Å². The van der Waals surface area contributed by atoms with Crippen molar-refractivity contribution in [2.24, 2.45) is 0 Å². The van der Waals surface area contributed by atoms with Crippen LogP contribution in [0.1, 0.15) is 5.56 Å². The lowest BCUT2D eigenvalue weighted by Crippen LogP contribution is -2.11. The first-order valence-corrected chi connectivity index (χ1v) is 7.81. The number of ether oxygens (including phenoxy) is 1. The Morgan fingerprint density at radius 2 is 1.78 bits per heavy atom. The van der Waals surface area contributed by atoms with Crippen molar-refractivity contribution in [3.8, 4) is 17.1 Å². The third-order valence-electron chi connectivity index (χ3n) is 3.30. The highest BCUT2D eigenvalue weighted by Gasteiger charge is 2.09. The minimum absolute atomic E-state index is 0.340. The maximum Gasteiger partial charge on any atom is 0.205 e. The third-order valence-corrected chi connectivity index (χ3v) is 3.89. The molecule has 0 amide bonds. The van der Waals surface area contributed by atoms with Crippen molar-refractivity contribution in [3.63, 3.8) is 0 Å². The van der Waals surface area contributed by atoms with E-state index in [1.54, 1.807) is 18.2 Å². The van der Waals surface area contributed by atoms with Gasteiger partial charge in [0.1, 0.15) is 6.61 Å². The molecule has 0 fully saturated rings. The largest absolute Gasteiger partial charge is 0.488 e. The Bertz CT molecular complexity index is 799. The first kappa shape index (κ1) is 15.8. The molecular formula is C16H14Cl2N4O. The molecule has 7 heteroatoms. The molecular weight excluding hydrogens is 335 g/mol. The first-order valence-electron chi connectivity index (χ1n) is 7.06. The van der Waals surface area contributed by atoms with E-state index in [4.69, 9.17) is 27.9 Å². The number of hydrogen-bond donors (Lipinski definition) is 0. The van der Waals surface area contributed by atoms with E-state index in [1.807, 2.05) is 31.2 Å². The van der Waals surface area contributed by atoms with Crippen LogP contribution in [0.25, 0.3) is 11.4 Å². The summed E-state index contributed by atoms with van der Waals surface area (Å²) in [6.45, 7) is 2.80. The third kappa shape index (κ3) is 3.63. The van der Waals surface area contributed by atoms with Gasteiger partial charge < -0.3 is 4.74 Å². The second-order valence-corrected chi connectivity index (χ2v) is 5.74. The summed E-state index contributed by atoms with van der Waals surface area (Å²) in [4.78, 5) is 1.49. The first-order chi connectivity index (χ1) is 11.1. The lowest BCUT2D eigenvalue weighted by Gasteiger charge is -2.08. The van der Waals surface area contributed by atoms with Gasteiger partial charge >= 0.3 is 0 Å². The van der Waals surface area contributed by atoms with E-state index in [-0.39, 0.29) is 0 Å². The topological polar surface area (TPSA) is 52.8 Å². The standard InChI is InChI=1S/C16H14Cl2N4O/c1-11-5-2-3-6-12(11)16-19-21-22(20-16)9-10-23-15-13(17)7-4-8-14(15)18/h2-8H,9-10H2,1H3. The maximum absolute atomic E-state index is 6.05. The van der Waals surface area contributed by atoms with Crippen molar-refractivity contribution in [1.82, 2.24) is 20.2 Å². The van der Waals surface area contributed by atoms with Gasteiger partial charge in [0.25, 0.3) is 0 Å². The van der Waals surface area contributed by atoms with E-state index >= 15 is 0 Å². The molecule has 0 N–H and O–H groups in total. The molecule has 1 heterocycles. The molecule has 0 aliphatic carbocycles. The van der Waals surface area contributed by atoms with Crippen molar-refractivity contribution in [1.29, 1.82) is 0 Å². The smallest absolute Gasteiger partial charge is 0.205 e. The lowest BCUT2D eigenvalue weighted by molar-refractivity contribution is 0.280.